The monoisotopic (exact) mass is 1060 g/mol. The van der Waals surface area contributed by atoms with Crippen LogP contribution < -0.4 is 0 Å². The number of ether oxygens (including phenoxy) is 5. The summed E-state index contributed by atoms with van der Waals surface area (Å²) in [6, 6.07) is 0. The van der Waals surface area contributed by atoms with Gasteiger partial charge in [0.25, 0.3) is 0 Å². The number of rotatable bonds is 53. The standard InChI is InChI=1S/C63H112O12/c1-4-7-10-13-16-19-22-25-28-31-34-37-40-43-46-49-55(64)71-52-54(73-56(65)50-47-44-41-38-35-32-29-26-23-20-17-14-11-8-5-2)53-72-63-61(59(68)58(67)60(75-63)62(69)70)74-57(66)51-48-45-42-39-36-33-30-27-24-21-18-15-12-9-6-3/h9,12,18,21,27,30,54,58-61,63,67-68H,4-8,10-11,13-17,19-20,22-26,28-29,31-53H2,1-3H3,(H,69,70)/b12-9-,21-18-,30-27-. The van der Waals surface area contributed by atoms with Crippen LogP contribution >= 0.6 is 0 Å². The van der Waals surface area contributed by atoms with E-state index in [9.17, 15) is 34.5 Å². The predicted octanol–water partition coefficient (Wildman–Crippen LogP) is 16.0. The number of aliphatic carboxylic acids is 1. The van der Waals surface area contributed by atoms with Crippen molar-refractivity contribution in [3.63, 3.8) is 0 Å². The second kappa shape index (κ2) is 51.7. The maximum absolute atomic E-state index is 13.2. The first-order chi connectivity index (χ1) is 36.6. The van der Waals surface area contributed by atoms with Crippen molar-refractivity contribution in [2.24, 2.45) is 0 Å². The molecule has 0 aliphatic carbocycles. The molecule has 0 aromatic rings. The third-order valence-corrected chi connectivity index (χ3v) is 14.2. The van der Waals surface area contributed by atoms with Gasteiger partial charge in [0.2, 0.25) is 0 Å². The van der Waals surface area contributed by atoms with E-state index >= 15 is 0 Å². The van der Waals surface area contributed by atoms with Crippen molar-refractivity contribution in [2.45, 2.75) is 327 Å². The molecule has 3 N–H and O–H groups in total. The number of unbranched alkanes of at least 4 members (excludes halogenated alkanes) is 33. The van der Waals surface area contributed by atoms with Crippen molar-refractivity contribution in [2.75, 3.05) is 13.2 Å². The summed E-state index contributed by atoms with van der Waals surface area (Å²) in [5.74, 6) is -3.11. The zero-order valence-corrected chi connectivity index (χ0v) is 48.1. The number of allylic oxidation sites excluding steroid dienone is 6. The molecule has 0 saturated carbocycles. The van der Waals surface area contributed by atoms with Crippen molar-refractivity contribution in [3.8, 4) is 0 Å². The molecule has 0 spiro atoms. The van der Waals surface area contributed by atoms with E-state index in [1.165, 1.54) is 141 Å². The molecule has 1 fully saturated rings. The molecule has 1 rings (SSSR count). The molecule has 0 radical (unpaired) electrons. The van der Waals surface area contributed by atoms with Crippen LogP contribution in [0.2, 0.25) is 0 Å². The van der Waals surface area contributed by atoms with E-state index in [1.54, 1.807) is 0 Å². The molecule has 0 bridgehead atoms. The highest BCUT2D eigenvalue weighted by Gasteiger charge is 2.50. The van der Waals surface area contributed by atoms with Crippen LogP contribution in [0, 0.1) is 0 Å². The van der Waals surface area contributed by atoms with Crippen LogP contribution in [-0.2, 0) is 42.9 Å². The number of aliphatic hydroxyl groups excluding tert-OH is 2. The highest BCUT2D eigenvalue weighted by atomic mass is 16.7. The number of carboxylic acid groups (broad SMARTS) is 1. The van der Waals surface area contributed by atoms with Crippen molar-refractivity contribution in [3.05, 3.63) is 36.5 Å². The van der Waals surface area contributed by atoms with E-state index in [-0.39, 0.29) is 25.9 Å². The zero-order chi connectivity index (χ0) is 54.7. The Hall–Kier alpha value is -3.06. The number of carbonyl (C=O) groups excluding carboxylic acids is 3. The summed E-state index contributed by atoms with van der Waals surface area (Å²) in [5.41, 5.74) is 0. The van der Waals surface area contributed by atoms with Crippen LogP contribution in [0.15, 0.2) is 36.5 Å². The lowest BCUT2D eigenvalue weighted by Crippen LogP contribution is -2.61. The minimum atomic E-state index is -1.91. The molecular formula is C63H112O12. The Morgan fingerprint density at radius 1 is 0.453 bits per heavy atom. The summed E-state index contributed by atoms with van der Waals surface area (Å²) in [6.45, 7) is 5.91. The SMILES string of the molecule is CC/C=C\C/C=C\C/C=C\CCCCCCCC(=O)OC1C(OCC(COC(=O)CCCCCCCCCCCCCCCCC)OC(=O)CCCCCCCCCCCCCCCCC)OC(C(=O)O)C(O)C1O. The Bertz CT molecular complexity index is 1450. The molecule has 1 aliphatic heterocycles. The molecule has 12 nitrogen and oxygen atoms in total. The highest BCUT2D eigenvalue weighted by molar-refractivity contribution is 5.74. The van der Waals surface area contributed by atoms with Crippen LogP contribution in [0.25, 0.3) is 0 Å². The quantitative estimate of drug-likeness (QED) is 0.0228. The van der Waals surface area contributed by atoms with E-state index < -0.39 is 67.3 Å². The Morgan fingerprint density at radius 2 is 0.840 bits per heavy atom. The summed E-state index contributed by atoms with van der Waals surface area (Å²) in [7, 11) is 0. The molecule has 0 aromatic carbocycles. The third-order valence-electron chi connectivity index (χ3n) is 14.2. The number of aliphatic hydroxyl groups is 2. The van der Waals surface area contributed by atoms with Crippen molar-refractivity contribution >= 4 is 23.9 Å². The van der Waals surface area contributed by atoms with Crippen molar-refractivity contribution in [1.82, 2.24) is 0 Å². The number of carboxylic acids is 1. The summed E-state index contributed by atoms with van der Waals surface area (Å²) in [6.07, 6.45) is 48.2. The highest BCUT2D eigenvalue weighted by Crippen LogP contribution is 2.27. The van der Waals surface area contributed by atoms with Gasteiger partial charge in [0.1, 0.15) is 18.8 Å². The molecule has 1 aliphatic rings. The predicted molar refractivity (Wildman–Crippen MR) is 303 cm³/mol. The lowest BCUT2D eigenvalue weighted by atomic mass is 9.98. The summed E-state index contributed by atoms with van der Waals surface area (Å²) < 4.78 is 28.5. The number of esters is 3. The van der Waals surface area contributed by atoms with Crippen LogP contribution in [-0.4, -0.2) is 89.2 Å². The Morgan fingerprint density at radius 3 is 1.28 bits per heavy atom. The number of hydrogen-bond donors (Lipinski definition) is 3. The van der Waals surface area contributed by atoms with E-state index in [4.69, 9.17) is 23.7 Å². The second-order valence-electron chi connectivity index (χ2n) is 21.3. The molecule has 436 valence electrons. The first kappa shape index (κ1) is 70.0. The summed E-state index contributed by atoms with van der Waals surface area (Å²) >= 11 is 0. The van der Waals surface area contributed by atoms with Gasteiger partial charge in [-0.2, -0.15) is 0 Å². The third kappa shape index (κ3) is 41.7. The first-order valence-corrected chi connectivity index (χ1v) is 31.0. The molecule has 75 heavy (non-hydrogen) atoms. The number of hydrogen-bond acceptors (Lipinski definition) is 11. The van der Waals surface area contributed by atoms with Gasteiger partial charge in [-0.1, -0.05) is 256 Å². The fraction of sp³-hybridized carbons (Fsp3) is 0.841. The van der Waals surface area contributed by atoms with Gasteiger partial charge in [0.15, 0.2) is 24.6 Å². The largest absolute Gasteiger partial charge is 0.479 e. The van der Waals surface area contributed by atoms with Crippen LogP contribution in [0.5, 0.6) is 0 Å². The van der Waals surface area contributed by atoms with E-state index in [0.717, 1.165) is 89.9 Å². The van der Waals surface area contributed by atoms with Crippen LogP contribution in [0.4, 0.5) is 0 Å². The Balaban J connectivity index is 2.67. The molecule has 1 heterocycles. The zero-order valence-electron chi connectivity index (χ0n) is 48.1. The van der Waals surface area contributed by atoms with Gasteiger partial charge in [-0.15, -0.1) is 0 Å². The molecule has 0 amide bonds. The van der Waals surface area contributed by atoms with Gasteiger partial charge in [-0.3, -0.25) is 14.4 Å². The van der Waals surface area contributed by atoms with E-state index in [1.807, 2.05) is 0 Å². The van der Waals surface area contributed by atoms with E-state index in [0.29, 0.717) is 19.3 Å². The average molecular weight is 1060 g/mol. The lowest BCUT2D eigenvalue weighted by molar-refractivity contribution is -0.301. The maximum Gasteiger partial charge on any atom is 0.335 e. The minimum absolute atomic E-state index is 0.0446. The van der Waals surface area contributed by atoms with Gasteiger partial charge < -0.3 is 39.0 Å². The molecular weight excluding hydrogens is 949 g/mol. The average Bonchev–Trinajstić information content (AvgIpc) is 3.39. The normalized spacial score (nSPS) is 18.3. The Kier molecular flexibility index (Phi) is 48.2. The molecule has 1 saturated heterocycles. The van der Waals surface area contributed by atoms with Gasteiger partial charge >= 0.3 is 23.9 Å². The van der Waals surface area contributed by atoms with Crippen LogP contribution in [0.3, 0.4) is 0 Å². The molecule has 12 heteroatoms. The molecule has 6 unspecified atom stereocenters. The first-order valence-electron chi connectivity index (χ1n) is 31.0. The van der Waals surface area contributed by atoms with Gasteiger partial charge in [0.05, 0.1) is 6.61 Å². The number of carbonyl (C=O) groups is 4. The van der Waals surface area contributed by atoms with Gasteiger partial charge in [-0.25, -0.2) is 4.79 Å². The summed E-state index contributed by atoms with van der Waals surface area (Å²) in [5, 5.41) is 31.5. The second-order valence-corrected chi connectivity index (χ2v) is 21.3. The van der Waals surface area contributed by atoms with Crippen molar-refractivity contribution in [1.29, 1.82) is 0 Å². The van der Waals surface area contributed by atoms with Crippen LogP contribution in [0.1, 0.15) is 290 Å². The van der Waals surface area contributed by atoms with Gasteiger partial charge in [-0.05, 0) is 51.4 Å². The Labute approximate surface area is 457 Å². The fourth-order valence-electron chi connectivity index (χ4n) is 9.50. The smallest absolute Gasteiger partial charge is 0.335 e. The van der Waals surface area contributed by atoms with Crippen molar-refractivity contribution < 1.29 is 58.2 Å². The fourth-order valence-corrected chi connectivity index (χ4v) is 9.50. The topological polar surface area (TPSA) is 175 Å². The minimum Gasteiger partial charge on any atom is -0.479 e. The molecule has 6 atom stereocenters. The molecule has 0 aromatic heterocycles. The maximum atomic E-state index is 13.2. The van der Waals surface area contributed by atoms with Gasteiger partial charge in [0, 0.05) is 19.3 Å². The summed E-state index contributed by atoms with van der Waals surface area (Å²) in [4.78, 5) is 51.2. The lowest BCUT2D eigenvalue weighted by Gasteiger charge is -2.40. The van der Waals surface area contributed by atoms with E-state index in [2.05, 4.69) is 57.2 Å².